The maximum Gasteiger partial charge on any atom is 0.298 e. The quantitative estimate of drug-likeness (QED) is 0.527. The van der Waals surface area contributed by atoms with Crippen molar-refractivity contribution in [2.24, 2.45) is 0 Å². The molecule has 3 heterocycles. The number of nitrogen functional groups attached to an aromatic ring is 1. The van der Waals surface area contributed by atoms with Gasteiger partial charge in [0, 0.05) is 5.69 Å². The first kappa shape index (κ1) is 17.4. The molecule has 0 fully saturated rings. The first-order valence-corrected chi connectivity index (χ1v) is 9.84. The van der Waals surface area contributed by atoms with E-state index in [1.54, 1.807) is 6.07 Å². The van der Waals surface area contributed by atoms with E-state index < -0.39 is 5.56 Å². The Morgan fingerprint density at radius 3 is 2.72 bits per heavy atom. The Hall–Kier alpha value is -3.65. The van der Waals surface area contributed by atoms with Crippen LogP contribution in [0.15, 0.2) is 59.4 Å². The molecule has 0 unspecified atom stereocenters. The summed E-state index contributed by atoms with van der Waals surface area (Å²) in [7, 11) is 0. The largest absolute Gasteiger partial charge is 0.490 e. The van der Waals surface area contributed by atoms with Crippen LogP contribution in [0.4, 0.5) is 17.2 Å². The topological polar surface area (TPSA) is 90.4 Å². The second kappa shape index (κ2) is 6.75. The minimum absolute atomic E-state index is 0.106. The first-order chi connectivity index (χ1) is 14.2. The molecule has 5 rings (SSSR count). The van der Waals surface area contributed by atoms with Gasteiger partial charge in [0.2, 0.25) is 0 Å². The van der Waals surface area contributed by atoms with Crippen LogP contribution in [0.2, 0.25) is 0 Å². The number of aldehydes is 1. The molecule has 144 valence electrons. The van der Waals surface area contributed by atoms with E-state index in [-0.39, 0.29) is 5.82 Å². The van der Waals surface area contributed by atoms with Gasteiger partial charge in [0.1, 0.15) is 17.2 Å². The molecule has 1 aliphatic rings. The SMILES string of the molecule is Nc1nc2sc(C=O)cc2n(-c2ccc3c(c2)N(c2ccccc2)CCO3)c1=O. The highest BCUT2D eigenvalue weighted by Gasteiger charge is 2.22. The second-order valence-corrected chi connectivity index (χ2v) is 7.64. The molecular formula is C21H16N4O3S. The summed E-state index contributed by atoms with van der Waals surface area (Å²) in [5.74, 6) is 0.639. The number of ether oxygens (including phenoxy) is 1. The summed E-state index contributed by atoms with van der Waals surface area (Å²) in [6, 6.07) is 17.2. The molecule has 0 bridgehead atoms. The number of carbonyl (C=O) groups excluding carboxylic acids is 1. The number of hydrogen-bond donors (Lipinski definition) is 1. The van der Waals surface area contributed by atoms with E-state index >= 15 is 0 Å². The summed E-state index contributed by atoms with van der Waals surface area (Å²) in [6.45, 7) is 1.26. The van der Waals surface area contributed by atoms with Gasteiger partial charge in [-0.3, -0.25) is 14.2 Å². The number of nitrogens with two attached hydrogens (primary N) is 1. The number of benzene rings is 2. The van der Waals surface area contributed by atoms with Crippen LogP contribution in [0.25, 0.3) is 16.0 Å². The Kier molecular flexibility index (Phi) is 4.06. The normalized spacial score (nSPS) is 13.2. The lowest BCUT2D eigenvalue weighted by molar-refractivity contribution is 0.112. The molecule has 0 atom stereocenters. The van der Waals surface area contributed by atoms with E-state index in [0.717, 1.165) is 23.4 Å². The van der Waals surface area contributed by atoms with E-state index in [9.17, 15) is 9.59 Å². The third kappa shape index (κ3) is 2.85. The van der Waals surface area contributed by atoms with E-state index in [1.807, 2.05) is 48.5 Å². The highest BCUT2D eigenvalue weighted by Crippen LogP contribution is 2.38. The Morgan fingerprint density at radius 1 is 1.10 bits per heavy atom. The molecule has 2 aromatic heterocycles. The van der Waals surface area contributed by atoms with Crippen molar-refractivity contribution in [3.63, 3.8) is 0 Å². The Morgan fingerprint density at radius 2 is 1.93 bits per heavy atom. The Labute approximate surface area is 169 Å². The Balaban J connectivity index is 1.73. The monoisotopic (exact) mass is 404 g/mol. The van der Waals surface area contributed by atoms with E-state index in [1.165, 1.54) is 15.9 Å². The molecule has 0 saturated carbocycles. The third-order valence-electron chi connectivity index (χ3n) is 4.85. The average molecular weight is 404 g/mol. The molecule has 0 spiro atoms. The van der Waals surface area contributed by atoms with Crippen LogP contribution in [0.5, 0.6) is 5.75 Å². The van der Waals surface area contributed by atoms with Crippen LogP contribution >= 0.6 is 11.3 Å². The van der Waals surface area contributed by atoms with Crippen LogP contribution < -0.4 is 20.9 Å². The van der Waals surface area contributed by atoms with Crippen molar-refractivity contribution in [1.82, 2.24) is 9.55 Å². The molecule has 8 heteroatoms. The van der Waals surface area contributed by atoms with Crippen LogP contribution in [0.3, 0.4) is 0 Å². The average Bonchev–Trinajstić information content (AvgIpc) is 3.17. The summed E-state index contributed by atoms with van der Waals surface area (Å²) in [6.07, 6.45) is 0.745. The molecule has 7 nitrogen and oxygen atoms in total. The van der Waals surface area contributed by atoms with Gasteiger partial charge in [0.05, 0.1) is 28.3 Å². The number of carbonyl (C=O) groups is 1. The molecule has 0 saturated heterocycles. The molecule has 0 radical (unpaired) electrons. The van der Waals surface area contributed by atoms with Gasteiger partial charge in [0.25, 0.3) is 5.56 Å². The van der Waals surface area contributed by atoms with Gasteiger partial charge in [-0.2, -0.15) is 0 Å². The molecule has 2 aromatic carbocycles. The summed E-state index contributed by atoms with van der Waals surface area (Å²) in [4.78, 5) is 31.4. The fourth-order valence-corrected chi connectivity index (χ4v) is 4.39. The number of anilines is 3. The standard InChI is InChI=1S/C21H16N4O3S/c22-19-21(27)25(17-11-15(12-26)29-20(17)23-19)14-6-7-18-16(10-14)24(8-9-28-18)13-4-2-1-3-5-13/h1-7,10-12H,8-9H2,(H2,22,23). The van der Waals surface area contributed by atoms with E-state index in [0.29, 0.717) is 34.1 Å². The van der Waals surface area contributed by atoms with Crippen molar-refractivity contribution >= 4 is 45.2 Å². The number of aromatic nitrogens is 2. The van der Waals surface area contributed by atoms with Crippen molar-refractivity contribution < 1.29 is 9.53 Å². The van der Waals surface area contributed by atoms with Gasteiger partial charge < -0.3 is 15.4 Å². The molecule has 2 N–H and O–H groups in total. The number of nitrogens with zero attached hydrogens (tertiary/aromatic N) is 3. The highest BCUT2D eigenvalue weighted by molar-refractivity contribution is 7.20. The zero-order chi connectivity index (χ0) is 20.0. The minimum Gasteiger partial charge on any atom is -0.490 e. The number of hydrogen-bond acceptors (Lipinski definition) is 7. The predicted molar refractivity (Wildman–Crippen MR) is 114 cm³/mol. The van der Waals surface area contributed by atoms with Gasteiger partial charge in [0.15, 0.2) is 12.1 Å². The number of rotatable bonds is 3. The second-order valence-electron chi connectivity index (χ2n) is 6.58. The lowest BCUT2D eigenvalue weighted by Gasteiger charge is -2.31. The van der Waals surface area contributed by atoms with Crippen LogP contribution in [0.1, 0.15) is 9.67 Å². The summed E-state index contributed by atoms with van der Waals surface area (Å²) in [5.41, 5.74) is 8.54. The molecule has 0 aliphatic carbocycles. The van der Waals surface area contributed by atoms with Crippen molar-refractivity contribution in [2.45, 2.75) is 0 Å². The van der Waals surface area contributed by atoms with Gasteiger partial charge in [-0.25, -0.2) is 4.98 Å². The maximum absolute atomic E-state index is 12.8. The number of para-hydroxylation sites is 1. The van der Waals surface area contributed by atoms with Crippen molar-refractivity contribution in [1.29, 1.82) is 0 Å². The minimum atomic E-state index is -0.421. The highest BCUT2D eigenvalue weighted by atomic mass is 32.1. The summed E-state index contributed by atoms with van der Waals surface area (Å²) < 4.78 is 7.32. The molecule has 29 heavy (non-hydrogen) atoms. The first-order valence-electron chi connectivity index (χ1n) is 9.03. The number of thiophene rings is 1. The van der Waals surface area contributed by atoms with Crippen molar-refractivity contribution in [3.8, 4) is 11.4 Å². The van der Waals surface area contributed by atoms with Gasteiger partial charge in [-0.15, -0.1) is 11.3 Å². The Bertz CT molecular complexity index is 1300. The van der Waals surface area contributed by atoms with Crippen LogP contribution in [-0.2, 0) is 0 Å². The number of fused-ring (bicyclic) bond motifs is 2. The van der Waals surface area contributed by atoms with E-state index in [4.69, 9.17) is 10.5 Å². The van der Waals surface area contributed by atoms with Crippen molar-refractivity contribution in [3.05, 3.63) is 69.8 Å². The fourth-order valence-electron chi connectivity index (χ4n) is 3.55. The zero-order valence-electron chi connectivity index (χ0n) is 15.2. The third-order valence-corrected chi connectivity index (χ3v) is 5.79. The zero-order valence-corrected chi connectivity index (χ0v) is 16.1. The van der Waals surface area contributed by atoms with Gasteiger partial charge in [-0.1, -0.05) is 18.2 Å². The van der Waals surface area contributed by atoms with Crippen molar-refractivity contribution in [2.75, 3.05) is 23.8 Å². The summed E-state index contributed by atoms with van der Waals surface area (Å²) >= 11 is 1.20. The summed E-state index contributed by atoms with van der Waals surface area (Å²) in [5, 5.41) is 0. The molecule has 4 aromatic rings. The smallest absolute Gasteiger partial charge is 0.298 e. The molecule has 0 amide bonds. The van der Waals surface area contributed by atoms with Gasteiger partial charge >= 0.3 is 0 Å². The van der Waals surface area contributed by atoms with Crippen LogP contribution in [-0.4, -0.2) is 29.0 Å². The van der Waals surface area contributed by atoms with Crippen LogP contribution in [0, 0.1) is 0 Å². The lowest BCUT2D eigenvalue weighted by atomic mass is 10.1. The molecular weight excluding hydrogens is 388 g/mol. The predicted octanol–water partition coefficient (Wildman–Crippen LogP) is 3.37. The maximum atomic E-state index is 12.8. The molecule has 1 aliphatic heterocycles. The fraction of sp³-hybridized carbons (Fsp3) is 0.0952. The lowest BCUT2D eigenvalue weighted by Crippen LogP contribution is -2.29. The van der Waals surface area contributed by atoms with Gasteiger partial charge in [-0.05, 0) is 36.4 Å². The van der Waals surface area contributed by atoms with E-state index in [2.05, 4.69) is 9.88 Å².